The van der Waals surface area contributed by atoms with Crippen molar-refractivity contribution in [2.45, 2.75) is 38.1 Å². The van der Waals surface area contributed by atoms with Crippen LogP contribution >= 0.6 is 0 Å². The molecule has 1 aromatic rings. The van der Waals surface area contributed by atoms with E-state index in [0.29, 0.717) is 25.9 Å². The minimum absolute atomic E-state index is 0.339. The summed E-state index contributed by atoms with van der Waals surface area (Å²) >= 11 is 0. The molecule has 4 rings (SSSR count). The third-order valence-electron chi connectivity index (χ3n) is 4.91. The van der Waals surface area contributed by atoms with Crippen molar-refractivity contribution in [3.05, 3.63) is 23.3 Å². The van der Waals surface area contributed by atoms with Crippen LogP contribution in [0, 0.1) is 6.92 Å². The number of anilines is 1. The number of hydrogen-bond acceptors (Lipinski definition) is 5. The van der Waals surface area contributed by atoms with Crippen molar-refractivity contribution >= 4 is 5.69 Å². The van der Waals surface area contributed by atoms with E-state index in [-0.39, 0.29) is 5.79 Å². The number of benzene rings is 1. The molecule has 3 aliphatic heterocycles. The Morgan fingerprint density at radius 3 is 2.90 bits per heavy atom. The molecule has 2 saturated heterocycles. The summed E-state index contributed by atoms with van der Waals surface area (Å²) in [6.45, 7) is 5.99. The topological polar surface area (TPSA) is 57.0 Å². The fourth-order valence-corrected chi connectivity index (χ4v) is 3.63. The van der Waals surface area contributed by atoms with Crippen LogP contribution in [0.15, 0.2) is 12.1 Å². The fraction of sp³-hybridized carbons (Fsp3) is 0.625. The van der Waals surface area contributed by atoms with E-state index in [2.05, 4.69) is 17.0 Å². The highest BCUT2D eigenvalue weighted by molar-refractivity contribution is 5.54. The SMILES string of the molecule is Cc1cc2c(cc1N)CN1CCC3(CC1CO2)OCCO3. The molecule has 0 aliphatic carbocycles. The van der Waals surface area contributed by atoms with E-state index < -0.39 is 0 Å². The van der Waals surface area contributed by atoms with Gasteiger partial charge in [0.1, 0.15) is 12.4 Å². The quantitative estimate of drug-likeness (QED) is 0.737. The molecule has 1 spiro atoms. The Morgan fingerprint density at radius 2 is 2.10 bits per heavy atom. The van der Waals surface area contributed by atoms with Crippen LogP contribution in [0.25, 0.3) is 0 Å². The van der Waals surface area contributed by atoms with E-state index in [4.69, 9.17) is 19.9 Å². The molecule has 0 aromatic heterocycles. The van der Waals surface area contributed by atoms with Gasteiger partial charge in [-0.2, -0.15) is 0 Å². The number of nitrogens with two attached hydrogens (primary N) is 1. The van der Waals surface area contributed by atoms with Crippen LogP contribution in [0.3, 0.4) is 0 Å². The lowest BCUT2D eigenvalue weighted by Crippen LogP contribution is -2.52. The van der Waals surface area contributed by atoms with Crippen LogP contribution in [0.2, 0.25) is 0 Å². The largest absolute Gasteiger partial charge is 0.492 e. The number of aryl methyl sites for hydroxylation is 1. The first kappa shape index (κ1) is 13.4. The van der Waals surface area contributed by atoms with Gasteiger partial charge in [0.05, 0.1) is 13.2 Å². The van der Waals surface area contributed by atoms with E-state index in [1.165, 1.54) is 5.56 Å². The second-order valence-corrected chi connectivity index (χ2v) is 6.31. The Balaban J connectivity index is 1.58. The van der Waals surface area contributed by atoms with Crippen LogP contribution in [0.4, 0.5) is 5.69 Å². The molecule has 3 heterocycles. The van der Waals surface area contributed by atoms with Crippen LogP contribution in [-0.4, -0.2) is 43.1 Å². The summed E-state index contributed by atoms with van der Waals surface area (Å²) in [4.78, 5) is 2.47. The average Bonchev–Trinajstić information content (AvgIpc) is 2.84. The number of piperidine rings is 1. The molecule has 2 N–H and O–H groups in total. The highest BCUT2D eigenvalue weighted by Gasteiger charge is 2.45. The van der Waals surface area contributed by atoms with E-state index in [1.54, 1.807) is 0 Å². The zero-order valence-electron chi connectivity index (χ0n) is 12.4. The summed E-state index contributed by atoms with van der Waals surface area (Å²) in [5.41, 5.74) is 9.14. The molecule has 1 unspecified atom stereocenters. The predicted molar refractivity (Wildman–Crippen MR) is 79.2 cm³/mol. The standard InChI is InChI=1S/C16H22N2O3/c1-11-6-15-12(7-14(11)17)9-18-3-2-16(20-4-5-21-16)8-13(18)10-19-15/h6-7,13H,2-5,8-10,17H2,1H3. The minimum Gasteiger partial charge on any atom is -0.492 e. The summed E-state index contributed by atoms with van der Waals surface area (Å²) in [5.74, 6) is 0.606. The zero-order valence-corrected chi connectivity index (χ0v) is 12.4. The first-order valence-electron chi connectivity index (χ1n) is 7.69. The first-order chi connectivity index (χ1) is 10.2. The van der Waals surface area contributed by atoms with Crippen LogP contribution in [0.5, 0.6) is 5.75 Å². The molecule has 0 radical (unpaired) electrons. The summed E-state index contributed by atoms with van der Waals surface area (Å²) < 4.78 is 17.8. The number of nitrogen functional groups attached to an aromatic ring is 1. The lowest BCUT2D eigenvalue weighted by Gasteiger charge is -2.42. The molecule has 2 fully saturated rings. The van der Waals surface area contributed by atoms with Crippen molar-refractivity contribution in [1.29, 1.82) is 0 Å². The number of fused-ring (bicyclic) bond motifs is 2. The lowest BCUT2D eigenvalue weighted by molar-refractivity contribution is -0.199. The van der Waals surface area contributed by atoms with E-state index in [1.807, 2.05) is 6.92 Å². The molecule has 1 aromatic carbocycles. The number of nitrogens with zero attached hydrogens (tertiary/aromatic N) is 1. The monoisotopic (exact) mass is 290 g/mol. The van der Waals surface area contributed by atoms with Gasteiger partial charge >= 0.3 is 0 Å². The Kier molecular flexibility index (Phi) is 3.10. The van der Waals surface area contributed by atoms with Gasteiger partial charge in [-0.3, -0.25) is 4.90 Å². The maximum atomic E-state index is 6.05. The molecule has 114 valence electrons. The van der Waals surface area contributed by atoms with E-state index in [9.17, 15) is 0 Å². The van der Waals surface area contributed by atoms with Gasteiger partial charge in [-0.1, -0.05) is 0 Å². The summed E-state index contributed by atoms with van der Waals surface area (Å²) in [7, 11) is 0. The molecule has 0 saturated carbocycles. The maximum absolute atomic E-state index is 6.05. The van der Waals surface area contributed by atoms with Crippen LogP contribution in [-0.2, 0) is 16.0 Å². The Labute approximate surface area is 125 Å². The van der Waals surface area contributed by atoms with Gasteiger partial charge in [-0.15, -0.1) is 0 Å². The fourth-order valence-electron chi connectivity index (χ4n) is 3.63. The van der Waals surface area contributed by atoms with Gasteiger partial charge in [-0.25, -0.2) is 0 Å². The smallest absolute Gasteiger partial charge is 0.171 e. The van der Waals surface area contributed by atoms with Gasteiger partial charge < -0.3 is 19.9 Å². The van der Waals surface area contributed by atoms with Crippen LogP contribution < -0.4 is 10.5 Å². The number of hydrogen-bond donors (Lipinski definition) is 1. The van der Waals surface area contributed by atoms with E-state index in [0.717, 1.165) is 42.9 Å². The predicted octanol–water partition coefficient (Wildman–Crippen LogP) is 1.68. The highest BCUT2D eigenvalue weighted by atomic mass is 16.7. The second-order valence-electron chi connectivity index (χ2n) is 6.31. The minimum atomic E-state index is -0.365. The van der Waals surface area contributed by atoms with Gasteiger partial charge in [0.25, 0.3) is 0 Å². The van der Waals surface area contributed by atoms with Crippen molar-refractivity contribution in [1.82, 2.24) is 4.90 Å². The van der Waals surface area contributed by atoms with Crippen molar-refractivity contribution < 1.29 is 14.2 Å². The number of ether oxygens (including phenoxy) is 3. The normalized spacial score (nSPS) is 27.8. The van der Waals surface area contributed by atoms with Crippen molar-refractivity contribution in [2.75, 3.05) is 32.1 Å². The second kappa shape index (κ2) is 4.87. The molecule has 5 nitrogen and oxygen atoms in total. The molecular formula is C16H22N2O3. The lowest BCUT2D eigenvalue weighted by atomic mass is 9.96. The molecule has 3 aliphatic rings. The van der Waals surface area contributed by atoms with Crippen molar-refractivity contribution in [2.24, 2.45) is 0 Å². The Bertz CT molecular complexity index is 555. The molecule has 0 amide bonds. The van der Waals surface area contributed by atoms with Gasteiger partial charge in [0.15, 0.2) is 5.79 Å². The van der Waals surface area contributed by atoms with E-state index >= 15 is 0 Å². The highest BCUT2D eigenvalue weighted by Crippen LogP contribution is 2.38. The van der Waals surface area contributed by atoms with Crippen molar-refractivity contribution in [3.63, 3.8) is 0 Å². The zero-order chi connectivity index (χ0) is 14.4. The first-order valence-corrected chi connectivity index (χ1v) is 7.69. The molecule has 5 heteroatoms. The molecule has 0 bridgehead atoms. The molecular weight excluding hydrogens is 268 g/mol. The van der Waals surface area contributed by atoms with Crippen LogP contribution in [0.1, 0.15) is 24.0 Å². The maximum Gasteiger partial charge on any atom is 0.171 e. The summed E-state index contributed by atoms with van der Waals surface area (Å²) in [6.07, 6.45) is 1.82. The van der Waals surface area contributed by atoms with Crippen molar-refractivity contribution in [3.8, 4) is 5.75 Å². The third-order valence-corrected chi connectivity index (χ3v) is 4.91. The van der Waals surface area contributed by atoms with Gasteiger partial charge in [0.2, 0.25) is 0 Å². The van der Waals surface area contributed by atoms with Gasteiger partial charge in [-0.05, 0) is 24.6 Å². The summed E-state index contributed by atoms with van der Waals surface area (Å²) in [5, 5.41) is 0. The summed E-state index contributed by atoms with van der Waals surface area (Å²) in [6, 6.07) is 4.45. The molecule has 21 heavy (non-hydrogen) atoms. The number of rotatable bonds is 0. The molecule has 1 atom stereocenters. The Hall–Kier alpha value is -1.30. The third kappa shape index (κ3) is 2.29. The van der Waals surface area contributed by atoms with Gasteiger partial charge in [0, 0.05) is 43.2 Å². The average molecular weight is 290 g/mol. The Morgan fingerprint density at radius 1 is 1.29 bits per heavy atom.